The van der Waals surface area contributed by atoms with Crippen LogP contribution >= 0.6 is 11.6 Å². The third-order valence-electron chi connectivity index (χ3n) is 9.10. The number of carbonyl (C=O) groups excluding carboxylic acids is 3. The first kappa shape index (κ1) is 29.4. The summed E-state index contributed by atoms with van der Waals surface area (Å²) < 4.78 is 12.6. The lowest BCUT2D eigenvalue weighted by Gasteiger charge is -2.38. The van der Waals surface area contributed by atoms with Crippen LogP contribution in [0, 0.1) is 11.8 Å². The van der Waals surface area contributed by atoms with Crippen LogP contribution in [0.4, 0.5) is 11.4 Å². The third-order valence-corrected chi connectivity index (χ3v) is 9.42. The molecule has 3 amide bonds. The predicted molar refractivity (Wildman–Crippen MR) is 163 cm³/mol. The highest BCUT2D eigenvalue weighted by Gasteiger charge is 2.75. The largest absolute Gasteiger partial charge is 0.494 e. The van der Waals surface area contributed by atoms with Gasteiger partial charge >= 0.3 is 0 Å². The van der Waals surface area contributed by atoms with Crippen molar-refractivity contribution in [3.8, 4) is 5.75 Å². The Hall–Kier alpha value is -3.66. The number of fused-ring (bicyclic) bond motifs is 2. The van der Waals surface area contributed by atoms with E-state index in [9.17, 15) is 19.5 Å². The lowest BCUT2D eigenvalue weighted by Crippen LogP contribution is -2.56. The molecule has 5 atom stereocenters. The van der Waals surface area contributed by atoms with Gasteiger partial charge in [-0.25, -0.2) is 0 Å². The van der Waals surface area contributed by atoms with Crippen LogP contribution in [-0.4, -0.2) is 77.8 Å². The Labute approximate surface area is 256 Å². The number of para-hydroxylation sites is 1. The molecule has 4 aliphatic rings. The number of carbonyl (C=O) groups is 3. The molecule has 0 saturated carbocycles. The van der Waals surface area contributed by atoms with Crippen LogP contribution in [0.2, 0.25) is 5.02 Å². The quantitative estimate of drug-likeness (QED) is 0.457. The number of aliphatic hydroxyl groups excluding tert-OH is 1. The summed E-state index contributed by atoms with van der Waals surface area (Å²) in [7, 11) is 0. The van der Waals surface area contributed by atoms with Crippen molar-refractivity contribution in [2.75, 3.05) is 42.6 Å². The van der Waals surface area contributed by atoms with E-state index in [0.717, 1.165) is 0 Å². The molecule has 0 bridgehead atoms. The van der Waals surface area contributed by atoms with Gasteiger partial charge in [0.05, 0.1) is 34.8 Å². The first-order valence-electron chi connectivity index (χ1n) is 14.9. The van der Waals surface area contributed by atoms with Crippen LogP contribution in [0.25, 0.3) is 0 Å². The second-order valence-electron chi connectivity index (χ2n) is 11.3. The fourth-order valence-electron chi connectivity index (χ4n) is 7.25. The molecule has 4 aliphatic heterocycles. The minimum Gasteiger partial charge on any atom is -0.494 e. The molecule has 0 aromatic heterocycles. The Balaban J connectivity index is 1.45. The Kier molecular flexibility index (Phi) is 7.83. The van der Waals surface area contributed by atoms with E-state index in [4.69, 9.17) is 21.1 Å². The molecule has 4 heterocycles. The van der Waals surface area contributed by atoms with Gasteiger partial charge in [0.15, 0.2) is 0 Å². The second kappa shape index (κ2) is 11.4. The van der Waals surface area contributed by atoms with Gasteiger partial charge in [0.25, 0.3) is 5.91 Å². The summed E-state index contributed by atoms with van der Waals surface area (Å²) in [6, 6.07) is 13.4. The number of hydrogen-bond donors (Lipinski definition) is 1. The first-order chi connectivity index (χ1) is 20.8. The number of halogens is 1. The van der Waals surface area contributed by atoms with E-state index in [-0.39, 0.29) is 43.8 Å². The van der Waals surface area contributed by atoms with Gasteiger partial charge < -0.3 is 29.3 Å². The molecule has 1 unspecified atom stereocenters. The maximum atomic E-state index is 14.6. The average Bonchev–Trinajstić information content (AvgIpc) is 3.29. The monoisotopic (exact) mass is 605 g/mol. The van der Waals surface area contributed by atoms with Crippen molar-refractivity contribution in [2.24, 2.45) is 11.8 Å². The second-order valence-corrected chi connectivity index (χ2v) is 11.7. The van der Waals surface area contributed by atoms with Gasteiger partial charge in [-0.3, -0.25) is 14.4 Å². The van der Waals surface area contributed by atoms with E-state index < -0.39 is 29.1 Å². The zero-order valence-corrected chi connectivity index (χ0v) is 25.1. The van der Waals surface area contributed by atoms with E-state index in [1.54, 1.807) is 34.1 Å². The van der Waals surface area contributed by atoms with Crippen LogP contribution in [0.1, 0.15) is 26.7 Å². The van der Waals surface area contributed by atoms with Crippen LogP contribution in [0.3, 0.4) is 0 Å². The molecule has 0 radical (unpaired) electrons. The standard InChI is InChI=1S/C33H36ClN3O6/c1-3-32-16-7-18-35(22-12-14-23(15-13-22)42-4-2)29(39)26(32)27-30(40)37(20-9-21-38)28-31(41)36(19-8-17-33(27,28)43-32)25-11-6-5-10-24(25)34/h5-8,10-17,26-28,38H,3-4,9,18-21H2,1-2H3/t26-,27+,28?,32+,33+/m1/s1. The molecule has 2 aromatic rings. The van der Waals surface area contributed by atoms with E-state index in [1.807, 2.05) is 62.4 Å². The Morgan fingerprint density at radius 2 is 1.65 bits per heavy atom. The number of amides is 3. The molecule has 1 spiro atoms. The molecule has 6 rings (SSSR count). The van der Waals surface area contributed by atoms with Gasteiger partial charge in [0, 0.05) is 31.9 Å². The van der Waals surface area contributed by atoms with E-state index in [2.05, 4.69) is 0 Å². The van der Waals surface area contributed by atoms with Gasteiger partial charge in [-0.15, -0.1) is 0 Å². The summed E-state index contributed by atoms with van der Waals surface area (Å²) in [6.45, 7) is 4.92. The highest BCUT2D eigenvalue weighted by molar-refractivity contribution is 6.34. The van der Waals surface area contributed by atoms with Crippen LogP contribution < -0.4 is 14.5 Å². The van der Waals surface area contributed by atoms with Gasteiger partial charge in [0.2, 0.25) is 11.8 Å². The highest BCUT2D eigenvalue weighted by atomic mass is 35.5. The zero-order chi connectivity index (χ0) is 30.4. The van der Waals surface area contributed by atoms with Crippen molar-refractivity contribution in [1.82, 2.24) is 4.90 Å². The van der Waals surface area contributed by atoms with Crippen molar-refractivity contribution >= 4 is 40.7 Å². The van der Waals surface area contributed by atoms with Gasteiger partial charge in [-0.1, -0.05) is 55.0 Å². The first-order valence-corrected chi connectivity index (χ1v) is 15.3. The molecular formula is C33H36ClN3O6. The third kappa shape index (κ3) is 4.56. The number of ether oxygens (including phenoxy) is 2. The number of aliphatic hydroxyl groups is 1. The van der Waals surface area contributed by atoms with E-state index in [1.165, 1.54) is 4.90 Å². The van der Waals surface area contributed by atoms with Gasteiger partial charge in [-0.05, 0) is 56.2 Å². The molecular weight excluding hydrogens is 570 g/mol. The molecule has 9 nitrogen and oxygen atoms in total. The normalized spacial score (nSPS) is 29.8. The highest BCUT2D eigenvalue weighted by Crippen LogP contribution is 2.59. The van der Waals surface area contributed by atoms with Crippen LogP contribution in [-0.2, 0) is 19.1 Å². The average molecular weight is 606 g/mol. The minimum absolute atomic E-state index is 0.149. The summed E-state index contributed by atoms with van der Waals surface area (Å²) in [4.78, 5) is 48.4. The fraction of sp³-hybridized carbons (Fsp3) is 0.424. The lowest BCUT2D eigenvalue weighted by molar-refractivity contribution is -0.145. The lowest BCUT2D eigenvalue weighted by atomic mass is 9.73. The van der Waals surface area contributed by atoms with Crippen molar-refractivity contribution in [3.05, 3.63) is 77.9 Å². The number of benzene rings is 2. The zero-order valence-electron chi connectivity index (χ0n) is 24.3. The Bertz CT molecular complexity index is 1480. The van der Waals surface area contributed by atoms with Gasteiger partial charge in [-0.2, -0.15) is 0 Å². The number of hydrogen-bond acceptors (Lipinski definition) is 6. The van der Waals surface area contributed by atoms with Crippen molar-refractivity contribution in [2.45, 2.75) is 43.9 Å². The van der Waals surface area contributed by atoms with Crippen molar-refractivity contribution in [1.29, 1.82) is 0 Å². The molecule has 2 fully saturated rings. The SMILES string of the molecule is CCOc1ccc(N2CC=C[C@]3(CC)O[C@]45C=CCN(c6ccccc6Cl)C(=O)C4N(CCCO)C(=O)[C@@H]5[C@@H]3C2=O)cc1. The Morgan fingerprint density at radius 3 is 2.35 bits per heavy atom. The summed E-state index contributed by atoms with van der Waals surface area (Å²) in [5.74, 6) is -2.01. The molecule has 10 heteroatoms. The summed E-state index contributed by atoms with van der Waals surface area (Å²) in [6.07, 6.45) is 8.20. The predicted octanol–water partition coefficient (Wildman–Crippen LogP) is 3.99. The Morgan fingerprint density at radius 1 is 0.930 bits per heavy atom. The van der Waals surface area contributed by atoms with Crippen LogP contribution in [0.15, 0.2) is 72.8 Å². The van der Waals surface area contributed by atoms with Crippen LogP contribution in [0.5, 0.6) is 5.75 Å². The summed E-state index contributed by atoms with van der Waals surface area (Å²) >= 11 is 6.53. The molecule has 1 N–H and O–H groups in total. The minimum atomic E-state index is -1.39. The molecule has 2 saturated heterocycles. The maximum Gasteiger partial charge on any atom is 0.253 e. The van der Waals surface area contributed by atoms with Gasteiger partial charge in [0.1, 0.15) is 17.4 Å². The topological polar surface area (TPSA) is 99.6 Å². The molecule has 226 valence electrons. The number of anilines is 2. The number of rotatable bonds is 8. The van der Waals surface area contributed by atoms with E-state index >= 15 is 0 Å². The smallest absolute Gasteiger partial charge is 0.253 e. The summed E-state index contributed by atoms with van der Waals surface area (Å²) in [5, 5.41) is 10.1. The molecule has 0 aliphatic carbocycles. The van der Waals surface area contributed by atoms with Crippen molar-refractivity contribution < 1.29 is 29.0 Å². The van der Waals surface area contributed by atoms with E-state index in [0.29, 0.717) is 41.7 Å². The number of nitrogens with zero attached hydrogens (tertiary/aromatic N) is 3. The molecule has 2 aromatic carbocycles. The number of likely N-dealkylation sites (tertiary alicyclic amines) is 1. The maximum absolute atomic E-state index is 14.6. The summed E-state index contributed by atoms with van der Waals surface area (Å²) in [5.41, 5.74) is -1.27. The molecule has 43 heavy (non-hydrogen) atoms. The fourth-order valence-corrected chi connectivity index (χ4v) is 7.49. The van der Waals surface area contributed by atoms with Crippen molar-refractivity contribution in [3.63, 3.8) is 0 Å².